The Kier molecular flexibility index (Phi) is 5.44. The van der Waals surface area contributed by atoms with Gasteiger partial charge in [0.05, 0.1) is 19.3 Å². The van der Waals surface area contributed by atoms with Crippen LogP contribution in [0.1, 0.15) is 12.0 Å². The van der Waals surface area contributed by atoms with E-state index in [0.29, 0.717) is 5.56 Å². The van der Waals surface area contributed by atoms with E-state index in [1.165, 1.54) is 38.4 Å². The quantitative estimate of drug-likeness (QED) is 0.737. The van der Waals surface area contributed by atoms with Gasteiger partial charge in [-0.05, 0) is 17.7 Å². The van der Waals surface area contributed by atoms with Crippen molar-refractivity contribution in [3.8, 4) is 0 Å². The maximum atomic E-state index is 12.7. The Balaban J connectivity index is 2.64. The molecule has 0 fully saturated rings. The molecule has 0 saturated heterocycles. The number of ether oxygens (including phenoxy) is 1. The first kappa shape index (κ1) is 15.6. The molecular weight excluding hydrogens is 273 g/mol. The molecule has 0 heterocycles. The molecule has 0 saturated carbocycles. The number of rotatable bonds is 6. The maximum Gasteiger partial charge on any atom is 0.306 e. The van der Waals surface area contributed by atoms with Crippen LogP contribution in [0.25, 0.3) is 0 Å². The first-order valence-electron chi connectivity index (χ1n) is 5.60. The third kappa shape index (κ3) is 4.96. The third-order valence-corrected chi connectivity index (χ3v) is 4.43. The number of esters is 1. The average Bonchev–Trinajstić information content (AvgIpc) is 2.37. The predicted octanol–water partition coefficient (Wildman–Crippen LogP) is 1.15. The zero-order chi connectivity index (χ0) is 14.5. The second-order valence-electron chi connectivity index (χ2n) is 4.03. The van der Waals surface area contributed by atoms with Crippen molar-refractivity contribution in [3.05, 3.63) is 35.6 Å². The minimum atomic E-state index is -3.53. The Labute approximate surface area is 112 Å². The van der Waals surface area contributed by atoms with Crippen molar-refractivity contribution in [1.82, 2.24) is 4.31 Å². The molecule has 0 spiro atoms. The first-order valence-corrected chi connectivity index (χ1v) is 7.21. The van der Waals surface area contributed by atoms with Crippen LogP contribution in [-0.2, 0) is 25.3 Å². The molecule has 0 aliphatic heterocycles. The lowest BCUT2D eigenvalue weighted by Crippen LogP contribution is -2.30. The summed E-state index contributed by atoms with van der Waals surface area (Å²) in [6.07, 6.45) is -0.00432. The molecule has 0 radical (unpaired) electrons. The molecule has 0 bridgehead atoms. The highest BCUT2D eigenvalue weighted by Crippen LogP contribution is 2.11. The zero-order valence-electron chi connectivity index (χ0n) is 10.8. The molecule has 0 aromatic heterocycles. The standard InChI is InChI=1S/C12H16FNO4S/c1-14(8-7-12(15)18-2)19(16,17)9-10-3-5-11(13)6-4-10/h3-6H,7-9H2,1-2H3. The molecule has 1 aromatic carbocycles. The van der Waals surface area contributed by atoms with Crippen LogP contribution in [0.15, 0.2) is 24.3 Å². The van der Waals surface area contributed by atoms with Crippen molar-refractivity contribution in [2.75, 3.05) is 20.7 Å². The van der Waals surface area contributed by atoms with Crippen molar-refractivity contribution >= 4 is 16.0 Å². The normalized spacial score (nSPS) is 11.6. The fourth-order valence-corrected chi connectivity index (χ4v) is 2.59. The molecule has 1 rings (SSSR count). The number of carbonyl (C=O) groups excluding carboxylic acids is 1. The van der Waals surface area contributed by atoms with Crippen LogP contribution in [0.3, 0.4) is 0 Å². The van der Waals surface area contributed by atoms with Crippen molar-refractivity contribution in [3.63, 3.8) is 0 Å². The highest BCUT2D eigenvalue weighted by atomic mass is 32.2. The van der Waals surface area contributed by atoms with E-state index in [-0.39, 0.29) is 18.7 Å². The van der Waals surface area contributed by atoms with Crippen LogP contribution in [0.2, 0.25) is 0 Å². The largest absolute Gasteiger partial charge is 0.469 e. The van der Waals surface area contributed by atoms with Gasteiger partial charge in [-0.2, -0.15) is 0 Å². The van der Waals surface area contributed by atoms with E-state index in [0.717, 1.165) is 4.31 Å². The summed E-state index contributed by atoms with van der Waals surface area (Å²) < 4.78 is 42.2. The Morgan fingerprint density at radius 3 is 2.42 bits per heavy atom. The van der Waals surface area contributed by atoms with Crippen LogP contribution in [0.5, 0.6) is 0 Å². The molecule has 0 N–H and O–H groups in total. The Morgan fingerprint density at radius 1 is 1.32 bits per heavy atom. The van der Waals surface area contributed by atoms with E-state index in [1.54, 1.807) is 0 Å². The van der Waals surface area contributed by atoms with Crippen LogP contribution in [0, 0.1) is 5.82 Å². The van der Waals surface area contributed by atoms with E-state index in [4.69, 9.17) is 0 Å². The summed E-state index contributed by atoms with van der Waals surface area (Å²) in [6, 6.07) is 5.25. The molecule has 0 aliphatic rings. The van der Waals surface area contributed by atoms with E-state index in [9.17, 15) is 17.6 Å². The van der Waals surface area contributed by atoms with Crippen molar-refractivity contribution in [2.45, 2.75) is 12.2 Å². The lowest BCUT2D eigenvalue weighted by Gasteiger charge is -2.16. The number of halogens is 1. The van der Waals surface area contributed by atoms with E-state index in [2.05, 4.69) is 4.74 Å². The number of methoxy groups -OCH3 is 1. The predicted molar refractivity (Wildman–Crippen MR) is 68.3 cm³/mol. The van der Waals surface area contributed by atoms with Crippen molar-refractivity contribution < 1.29 is 22.3 Å². The number of sulfonamides is 1. The summed E-state index contributed by atoms with van der Waals surface area (Å²) in [6.45, 7) is 0.0518. The molecule has 0 aliphatic carbocycles. The SMILES string of the molecule is COC(=O)CCN(C)S(=O)(=O)Cc1ccc(F)cc1. The van der Waals surface area contributed by atoms with Gasteiger partial charge in [0.1, 0.15) is 5.82 Å². The molecule has 7 heteroatoms. The second kappa shape index (κ2) is 6.63. The summed E-state index contributed by atoms with van der Waals surface area (Å²) in [5.74, 6) is -1.12. The lowest BCUT2D eigenvalue weighted by molar-refractivity contribution is -0.140. The average molecular weight is 289 g/mol. The van der Waals surface area contributed by atoms with Gasteiger partial charge in [-0.25, -0.2) is 17.1 Å². The highest BCUT2D eigenvalue weighted by molar-refractivity contribution is 7.88. The van der Waals surface area contributed by atoms with Gasteiger partial charge >= 0.3 is 5.97 Å². The van der Waals surface area contributed by atoms with Crippen molar-refractivity contribution in [2.24, 2.45) is 0 Å². The van der Waals surface area contributed by atoms with Gasteiger partial charge in [0.2, 0.25) is 10.0 Å². The van der Waals surface area contributed by atoms with Crippen LogP contribution >= 0.6 is 0 Å². The monoisotopic (exact) mass is 289 g/mol. The van der Waals surface area contributed by atoms with Crippen LogP contribution < -0.4 is 0 Å². The van der Waals surface area contributed by atoms with Crippen molar-refractivity contribution in [1.29, 1.82) is 0 Å². The number of benzene rings is 1. The smallest absolute Gasteiger partial charge is 0.306 e. The molecule has 0 atom stereocenters. The summed E-state index contributed by atoms with van der Waals surface area (Å²) in [4.78, 5) is 11.0. The van der Waals surface area contributed by atoms with Gasteiger partial charge in [-0.15, -0.1) is 0 Å². The second-order valence-corrected chi connectivity index (χ2v) is 6.11. The third-order valence-electron chi connectivity index (χ3n) is 2.60. The summed E-state index contributed by atoms with van der Waals surface area (Å²) >= 11 is 0. The van der Waals surface area contributed by atoms with Crippen LogP contribution in [0.4, 0.5) is 4.39 Å². The van der Waals surface area contributed by atoms with Crippen LogP contribution in [-0.4, -0.2) is 39.4 Å². The number of hydrogen-bond donors (Lipinski definition) is 0. The van der Waals surface area contributed by atoms with E-state index >= 15 is 0 Å². The maximum absolute atomic E-state index is 12.7. The van der Waals surface area contributed by atoms with Gasteiger partial charge in [0.25, 0.3) is 0 Å². The van der Waals surface area contributed by atoms with E-state index < -0.39 is 21.8 Å². The molecular formula is C12H16FNO4S. The zero-order valence-corrected chi connectivity index (χ0v) is 11.6. The number of nitrogens with zero attached hydrogens (tertiary/aromatic N) is 1. The number of hydrogen-bond acceptors (Lipinski definition) is 4. The molecule has 0 unspecified atom stereocenters. The molecule has 19 heavy (non-hydrogen) atoms. The number of carbonyl (C=O) groups is 1. The molecule has 5 nitrogen and oxygen atoms in total. The summed E-state index contributed by atoms with van der Waals surface area (Å²) in [5, 5.41) is 0. The van der Waals surface area contributed by atoms with Gasteiger partial charge in [-0.3, -0.25) is 4.79 Å². The van der Waals surface area contributed by atoms with Gasteiger partial charge in [-0.1, -0.05) is 12.1 Å². The summed E-state index contributed by atoms with van der Waals surface area (Å²) in [7, 11) is -0.891. The van der Waals surface area contributed by atoms with E-state index in [1.807, 2.05) is 0 Å². The topological polar surface area (TPSA) is 63.7 Å². The fraction of sp³-hybridized carbons (Fsp3) is 0.417. The lowest BCUT2D eigenvalue weighted by atomic mass is 10.2. The van der Waals surface area contributed by atoms with Gasteiger partial charge < -0.3 is 4.74 Å². The van der Waals surface area contributed by atoms with Gasteiger partial charge in [0, 0.05) is 13.6 Å². The Bertz CT molecular complexity index is 527. The molecule has 106 valence electrons. The fourth-order valence-electron chi connectivity index (χ4n) is 1.39. The Morgan fingerprint density at radius 2 is 1.89 bits per heavy atom. The molecule has 1 aromatic rings. The minimum Gasteiger partial charge on any atom is -0.469 e. The summed E-state index contributed by atoms with van der Waals surface area (Å²) in [5.41, 5.74) is 0.492. The molecule has 0 amide bonds. The highest BCUT2D eigenvalue weighted by Gasteiger charge is 2.19. The first-order chi connectivity index (χ1) is 8.85. The minimum absolute atomic E-state index is 0.00432. The Hall–Kier alpha value is -1.47. The van der Waals surface area contributed by atoms with Gasteiger partial charge in [0.15, 0.2) is 0 Å².